The van der Waals surface area contributed by atoms with E-state index >= 15 is 0 Å². The number of pyridine rings is 2. The van der Waals surface area contributed by atoms with E-state index in [2.05, 4.69) is 220 Å². The minimum atomic E-state index is 0.679. The number of hydrogen-bond acceptors (Lipinski definition) is 4. The van der Waals surface area contributed by atoms with E-state index in [1.54, 1.807) is 0 Å². The Kier molecular flexibility index (Phi) is 9.13. The maximum Gasteiger partial charge on any atom is 0.160 e. The number of nitrogens with zero attached hydrogens (tertiary/aromatic N) is 4. The Morgan fingerprint density at radius 3 is 1.28 bits per heavy atom. The lowest BCUT2D eigenvalue weighted by atomic mass is 9.86. The molecule has 13 aromatic carbocycles. The van der Waals surface area contributed by atoms with E-state index in [0.29, 0.717) is 5.82 Å². The fourth-order valence-corrected chi connectivity index (χ4v) is 12.7. The highest BCUT2D eigenvalue weighted by Crippen LogP contribution is 2.47. The van der Waals surface area contributed by atoms with E-state index in [0.717, 1.165) is 99.6 Å². The van der Waals surface area contributed by atoms with Gasteiger partial charge in [0, 0.05) is 56.4 Å². The monoisotopic (exact) mass is 964 g/mol. The van der Waals surface area contributed by atoms with Crippen LogP contribution in [0.3, 0.4) is 0 Å². The third kappa shape index (κ3) is 6.37. The van der Waals surface area contributed by atoms with E-state index < -0.39 is 0 Å². The second-order valence-corrected chi connectivity index (χ2v) is 20.6. The molecule has 0 fully saturated rings. The van der Waals surface area contributed by atoms with Crippen molar-refractivity contribution in [2.75, 3.05) is 0 Å². The second kappa shape index (κ2) is 16.3. The van der Waals surface area contributed by atoms with Crippen LogP contribution in [0, 0.1) is 13.8 Å². The molecule has 0 unspecified atom stereocenters. The highest BCUT2D eigenvalue weighted by molar-refractivity contribution is 6.28. The van der Waals surface area contributed by atoms with Gasteiger partial charge < -0.3 is 0 Å². The molecule has 16 rings (SSSR count). The lowest BCUT2D eigenvalue weighted by molar-refractivity contribution is 1.21. The SMILES string of the molecule is Cc1cc(-c2cccc3cccnc23)ccc1-c1nc(-c2ccc(-c3cccc4cccnc34)cc2C)c2cc(-c3ccc4ccc5cccc6ccc3c4c56)cc(-c3ccc4ccc5cccc6ccc3c4c56)c2n1. The normalized spacial score (nSPS) is 12.1. The molecular weight excluding hydrogens is 921 g/mol. The molecule has 0 radical (unpaired) electrons. The van der Waals surface area contributed by atoms with Gasteiger partial charge in [-0.15, -0.1) is 0 Å². The molecule has 0 bridgehead atoms. The van der Waals surface area contributed by atoms with Crippen LogP contribution >= 0.6 is 0 Å². The third-order valence-corrected chi connectivity index (χ3v) is 16.3. The number of hydrogen-bond donors (Lipinski definition) is 0. The van der Waals surface area contributed by atoms with Gasteiger partial charge in [0.25, 0.3) is 0 Å². The summed E-state index contributed by atoms with van der Waals surface area (Å²) in [5.74, 6) is 0.679. The summed E-state index contributed by atoms with van der Waals surface area (Å²) in [6, 6.07) is 80.1. The number of aromatic nitrogens is 4. The lowest BCUT2D eigenvalue weighted by Gasteiger charge is -2.20. The molecule has 0 aliphatic rings. The zero-order valence-electron chi connectivity index (χ0n) is 41.7. The van der Waals surface area contributed by atoms with Gasteiger partial charge in [0.05, 0.1) is 22.2 Å². The first-order valence-corrected chi connectivity index (χ1v) is 26.1. The van der Waals surface area contributed by atoms with Gasteiger partial charge in [-0.3, -0.25) is 9.97 Å². The van der Waals surface area contributed by atoms with Crippen molar-refractivity contribution in [3.63, 3.8) is 0 Å². The first-order chi connectivity index (χ1) is 37.5. The molecule has 3 heterocycles. The Morgan fingerprint density at radius 1 is 0.263 bits per heavy atom. The standard InChI is InChI=1S/C72H44N4/c1-41-37-51(57-17-5-13-49-15-7-35-73-68(49)57)27-29-54(41)70-63-40-53(56-31-23-47-21-19-43-9-3-11-45-25-33-60(56)66(47)64(43)45)39-62(59-32-24-48-22-20-44-10-4-12-46-26-34-61(59)67(48)65(44)46)71(63)76-72(75-70)55-30-28-52(38-42(55)2)58-18-6-14-50-16-8-36-74-69(50)58/h3-40H,1-2H3. The molecule has 0 saturated carbocycles. The molecule has 0 N–H and O–H groups in total. The molecular formula is C72H44N4. The molecule has 3 aromatic heterocycles. The minimum absolute atomic E-state index is 0.679. The summed E-state index contributed by atoms with van der Waals surface area (Å²) >= 11 is 0. The van der Waals surface area contributed by atoms with E-state index in [-0.39, 0.29) is 0 Å². The van der Waals surface area contributed by atoms with Crippen LogP contribution in [0.4, 0.5) is 0 Å². The predicted octanol–water partition coefficient (Wildman–Crippen LogP) is 19.1. The smallest absolute Gasteiger partial charge is 0.160 e. The Morgan fingerprint density at radius 2 is 0.711 bits per heavy atom. The van der Waals surface area contributed by atoms with E-state index in [4.69, 9.17) is 19.9 Å². The van der Waals surface area contributed by atoms with Gasteiger partial charge in [-0.25, -0.2) is 9.97 Å². The molecule has 0 aliphatic heterocycles. The maximum atomic E-state index is 5.79. The van der Waals surface area contributed by atoms with Gasteiger partial charge in [0.1, 0.15) is 0 Å². The third-order valence-electron chi connectivity index (χ3n) is 16.3. The summed E-state index contributed by atoms with van der Waals surface area (Å²) in [7, 11) is 0. The van der Waals surface area contributed by atoms with Crippen LogP contribution in [0.25, 0.3) is 164 Å². The van der Waals surface area contributed by atoms with Crippen LogP contribution in [0.5, 0.6) is 0 Å². The van der Waals surface area contributed by atoms with Gasteiger partial charge in [0.15, 0.2) is 5.82 Å². The number of fused-ring (bicyclic) bond motifs is 3. The molecule has 0 aliphatic carbocycles. The molecule has 0 amide bonds. The van der Waals surface area contributed by atoms with Crippen LogP contribution in [-0.2, 0) is 0 Å². The Balaban J connectivity index is 1.00. The van der Waals surface area contributed by atoms with Crippen molar-refractivity contribution >= 4 is 97.3 Å². The van der Waals surface area contributed by atoms with E-state index in [9.17, 15) is 0 Å². The van der Waals surface area contributed by atoms with Crippen LogP contribution in [0.1, 0.15) is 11.1 Å². The Labute approximate surface area is 437 Å². The van der Waals surface area contributed by atoms with Crippen molar-refractivity contribution in [1.29, 1.82) is 0 Å². The summed E-state index contributed by atoms with van der Waals surface area (Å²) in [5, 5.41) is 18.2. The molecule has 0 atom stereocenters. The zero-order chi connectivity index (χ0) is 50.2. The van der Waals surface area contributed by atoms with Crippen molar-refractivity contribution in [3.8, 4) is 67.2 Å². The molecule has 4 heteroatoms. The molecule has 352 valence electrons. The van der Waals surface area contributed by atoms with Crippen molar-refractivity contribution in [2.45, 2.75) is 13.8 Å². The number of para-hydroxylation sites is 2. The Hall–Kier alpha value is -9.90. The fourth-order valence-electron chi connectivity index (χ4n) is 12.7. The number of benzene rings is 13. The predicted molar refractivity (Wildman–Crippen MR) is 320 cm³/mol. The van der Waals surface area contributed by atoms with Gasteiger partial charge in [-0.2, -0.15) is 0 Å². The fraction of sp³-hybridized carbons (Fsp3) is 0.0278. The summed E-state index contributed by atoms with van der Waals surface area (Å²) in [6.07, 6.45) is 3.76. The van der Waals surface area contributed by atoms with Crippen LogP contribution in [-0.4, -0.2) is 19.9 Å². The van der Waals surface area contributed by atoms with E-state index in [1.807, 2.05) is 24.5 Å². The van der Waals surface area contributed by atoms with Gasteiger partial charge in [0.2, 0.25) is 0 Å². The molecule has 16 aromatic rings. The topological polar surface area (TPSA) is 51.6 Å². The van der Waals surface area contributed by atoms with Gasteiger partial charge in [-0.1, -0.05) is 194 Å². The zero-order valence-corrected chi connectivity index (χ0v) is 41.7. The first kappa shape index (κ1) is 42.6. The van der Waals surface area contributed by atoms with Gasteiger partial charge in [-0.05, 0) is 142 Å². The van der Waals surface area contributed by atoms with Crippen molar-refractivity contribution in [2.24, 2.45) is 0 Å². The van der Waals surface area contributed by atoms with Gasteiger partial charge >= 0.3 is 0 Å². The molecule has 4 nitrogen and oxygen atoms in total. The average Bonchev–Trinajstić information content (AvgIpc) is 3.55. The lowest BCUT2D eigenvalue weighted by Crippen LogP contribution is -2.01. The Bertz CT molecular complexity index is 5050. The average molecular weight is 965 g/mol. The summed E-state index contributed by atoms with van der Waals surface area (Å²) < 4.78 is 0. The maximum absolute atomic E-state index is 5.79. The summed E-state index contributed by atoms with van der Waals surface area (Å²) in [4.78, 5) is 21.2. The number of aryl methyl sites for hydroxylation is 2. The molecule has 0 saturated heterocycles. The minimum Gasteiger partial charge on any atom is -0.256 e. The van der Waals surface area contributed by atoms with Crippen LogP contribution < -0.4 is 0 Å². The van der Waals surface area contributed by atoms with E-state index in [1.165, 1.54) is 70.2 Å². The number of rotatable bonds is 6. The van der Waals surface area contributed by atoms with Crippen molar-refractivity contribution in [3.05, 3.63) is 242 Å². The highest BCUT2D eigenvalue weighted by Gasteiger charge is 2.23. The van der Waals surface area contributed by atoms with Crippen LogP contribution in [0.2, 0.25) is 0 Å². The summed E-state index contributed by atoms with van der Waals surface area (Å²) in [6.45, 7) is 4.40. The quantitative estimate of drug-likeness (QED) is 0.156. The largest absolute Gasteiger partial charge is 0.256 e. The van der Waals surface area contributed by atoms with Crippen LogP contribution in [0.15, 0.2) is 231 Å². The van der Waals surface area contributed by atoms with Crippen molar-refractivity contribution in [1.82, 2.24) is 19.9 Å². The molecule has 76 heavy (non-hydrogen) atoms. The summed E-state index contributed by atoms with van der Waals surface area (Å²) in [5.41, 5.74) is 16.9. The first-order valence-electron chi connectivity index (χ1n) is 26.1. The highest BCUT2D eigenvalue weighted by atomic mass is 14.9. The van der Waals surface area contributed by atoms with Crippen molar-refractivity contribution < 1.29 is 0 Å². The second-order valence-electron chi connectivity index (χ2n) is 20.6. The molecule has 0 spiro atoms.